The quantitative estimate of drug-likeness (QED) is 0.700. The van der Waals surface area contributed by atoms with Crippen LogP contribution < -0.4 is 10.5 Å². The number of likely N-dealkylation sites (tertiary alicyclic amines) is 1. The second kappa shape index (κ2) is 7.81. The normalized spacial score (nSPS) is 15.4. The molecular weight excluding hydrogens is 384 g/mol. The minimum Gasteiger partial charge on any atom is -0.444 e. The number of hydrogen-bond acceptors (Lipinski definition) is 7. The van der Waals surface area contributed by atoms with Crippen molar-refractivity contribution in [2.45, 2.75) is 45.3 Å². The van der Waals surface area contributed by atoms with E-state index in [0.717, 1.165) is 12.8 Å². The van der Waals surface area contributed by atoms with Crippen LogP contribution in [0, 0.1) is 0 Å². The van der Waals surface area contributed by atoms with Gasteiger partial charge in [0.25, 0.3) is 5.88 Å². The van der Waals surface area contributed by atoms with Gasteiger partial charge in [0.1, 0.15) is 28.9 Å². The lowest BCUT2D eigenvalue weighted by molar-refractivity contribution is 0.0185. The maximum absolute atomic E-state index is 12.3. The Morgan fingerprint density at radius 3 is 2.50 bits per heavy atom. The summed E-state index contributed by atoms with van der Waals surface area (Å²) in [4.78, 5) is 22.6. The van der Waals surface area contributed by atoms with Crippen LogP contribution in [0.4, 0.5) is 10.6 Å². The molecule has 1 aliphatic heterocycles. The van der Waals surface area contributed by atoms with Crippen LogP contribution in [-0.4, -0.2) is 49.4 Å². The number of piperidine rings is 1. The van der Waals surface area contributed by atoms with Gasteiger partial charge in [0.15, 0.2) is 5.65 Å². The van der Waals surface area contributed by atoms with Gasteiger partial charge in [0.05, 0.1) is 6.04 Å². The molecule has 158 valence electrons. The van der Waals surface area contributed by atoms with Crippen molar-refractivity contribution in [3.05, 3.63) is 36.7 Å². The number of hydrogen-bond donors (Lipinski definition) is 1. The van der Waals surface area contributed by atoms with Crippen molar-refractivity contribution in [3.63, 3.8) is 0 Å². The Labute approximate surface area is 174 Å². The van der Waals surface area contributed by atoms with Gasteiger partial charge in [-0.3, -0.25) is 0 Å². The molecule has 4 rings (SSSR count). The van der Waals surface area contributed by atoms with Crippen molar-refractivity contribution in [2.24, 2.45) is 0 Å². The molecule has 2 N–H and O–H groups in total. The number of para-hydroxylation sites is 1. The van der Waals surface area contributed by atoms with Gasteiger partial charge in [-0.15, -0.1) is 5.10 Å². The van der Waals surface area contributed by atoms with Crippen molar-refractivity contribution < 1.29 is 14.3 Å². The fourth-order valence-electron chi connectivity index (χ4n) is 3.51. The molecule has 9 nitrogen and oxygen atoms in total. The average molecular weight is 410 g/mol. The number of fused-ring (bicyclic) bond motifs is 1. The minimum atomic E-state index is -0.510. The van der Waals surface area contributed by atoms with Crippen LogP contribution in [-0.2, 0) is 4.74 Å². The molecule has 1 aliphatic rings. The number of nitrogens with two attached hydrogens (primary N) is 1. The highest BCUT2D eigenvalue weighted by atomic mass is 16.6. The summed E-state index contributed by atoms with van der Waals surface area (Å²) in [6.45, 7) is 6.76. The summed E-state index contributed by atoms with van der Waals surface area (Å²) in [5.74, 6) is 1.36. The van der Waals surface area contributed by atoms with Crippen LogP contribution in [0.15, 0.2) is 36.7 Å². The number of aromatic nitrogens is 4. The maximum Gasteiger partial charge on any atom is 0.410 e. The first-order valence-electron chi connectivity index (χ1n) is 10.0. The van der Waals surface area contributed by atoms with E-state index in [4.69, 9.17) is 15.2 Å². The minimum absolute atomic E-state index is 0.0635. The third-order valence-corrected chi connectivity index (χ3v) is 4.91. The average Bonchev–Trinajstić information content (AvgIpc) is 3.07. The van der Waals surface area contributed by atoms with E-state index in [1.54, 1.807) is 4.90 Å². The SMILES string of the molecule is CC(C)(C)OC(=O)N1CCC(n2nc(Oc3ccccc3)c3c(N)ncnc32)CC1. The van der Waals surface area contributed by atoms with E-state index >= 15 is 0 Å². The Balaban J connectivity index is 1.57. The van der Waals surface area contributed by atoms with E-state index in [0.29, 0.717) is 41.6 Å². The topological polar surface area (TPSA) is 108 Å². The van der Waals surface area contributed by atoms with E-state index in [-0.39, 0.29) is 12.1 Å². The van der Waals surface area contributed by atoms with Crippen LogP contribution in [0.3, 0.4) is 0 Å². The zero-order valence-corrected chi connectivity index (χ0v) is 17.4. The summed E-state index contributed by atoms with van der Waals surface area (Å²) in [5.41, 5.74) is 6.24. The molecule has 3 aromatic rings. The lowest BCUT2D eigenvalue weighted by atomic mass is 10.1. The van der Waals surface area contributed by atoms with E-state index in [1.807, 2.05) is 55.8 Å². The van der Waals surface area contributed by atoms with Crippen molar-refractivity contribution in [2.75, 3.05) is 18.8 Å². The number of carbonyl (C=O) groups excluding carboxylic acids is 1. The Morgan fingerprint density at radius 1 is 1.13 bits per heavy atom. The summed E-state index contributed by atoms with van der Waals surface area (Å²) < 4.78 is 13.3. The van der Waals surface area contributed by atoms with E-state index in [2.05, 4.69) is 15.1 Å². The molecule has 0 aliphatic carbocycles. The molecule has 2 aromatic heterocycles. The predicted octanol–water partition coefficient (Wildman–Crippen LogP) is 3.77. The van der Waals surface area contributed by atoms with E-state index in [9.17, 15) is 4.79 Å². The first kappa shape index (κ1) is 19.9. The van der Waals surface area contributed by atoms with Crippen LogP contribution >= 0.6 is 0 Å². The largest absolute Gasteiger partial charge is 0.444 e. The molecule has 0 saturated carbocycles. The molecular formula is C21H26N6O3. The lowest BCUT2D eigenvalue weighted by Gasteiger charge is -2.33. The number of nitrogens with zero attached hydrogens (tertiary/aromatic N) is 5. The molecule has 0 radical (unpaired) electrons. The predicted molar refractivity (Wildman–Crippen MR) is 112 cm³/mol. The molecule has 1 amide bonds. The molecule has 9 heteroatoms. The second-order valence-corrected chi connectivity index (χ2v) is 8.32. The molecule has 1 aromatic carbocycles. The van der Waals surface area contributed by atoms with Gasteiger partial charge in [-0.1, -0.05) is 18.2 Å². The molecule has 30 heavy (non-hydrogen) atoms. The van der Waals surface area contributed by atoms with Gasteiger partial charge in [-0.2, -0.15) is 0 Å². The highest BCUT2D eigenvalue weighted by Crippen LogP contribution is 2.35. The molecule has 0 unspecified atom stereocenters. The molecule has 0 bridgehead atoms. The molecule has 0 spiro atoms. The smallest absolute Gasteiger partial charge is 0.410 e. The number of nitrogen functional groups attached to an aromatic ring is 1. The standard InChI is InChI=1S/C21H26N6O3/c1-21(2,3)30-20(28)26-11-9-14(10-12-26)27-18-16(17(22)23-13-24-18)19(25-27)29-15-7-5-4-6-8-15/h4-8,13-14H,9-12H2,1-3H3,(H2,22,23,24). The van der Waals surface area contributed by atoms with Gasteiger partial charge in [0.2, 0.25) is 0 Å². The Kier molecular flexibility index (Phi) is 5.19. The number of ether oxygens (including phenoxy) is 2. The maximum atomic E-state index is 12.3. The monoisotopic (exact) mass is 410 g/mol. The van der Waals surface area contributed by atoms with Crippen LogP contribution in [0.5, 0.6) is 11.6 Å². The number of carbonyl (C=O) groups is 1. The van der Waals surface area contributed by atoms with Crippen molar-refractivity contribution in [1.29, 1.82) is 0 Å². The molecule has 1 fully saturated rings. The van der Waals surface area contributed by atoms with Crippen molar-refractivity contribution in [1.82, 2.24) is 24.6 Å². The molecule has 1 saturated heterocycles. The third kappa shape index (κ3) is 4.14. The van der Waals surface area contributed by atoms with Gasteiger partial charge in [-0.25, -0.2) is 19.4 Å². The van der Waals surface area contributed by atoms with Crippen molar-refractivity contribution >= 4 is 22.9 Å². The van der Waals surface area contributed by atoms with Gasteiger partial charge < -0.3 is 20.1 Å². The summed E-state index contributed by atoms with van der Waals surface area (Å²) in [7, 11) is 0. The third-order valence-electron chi connectivity index (χ3n) is 4.91. The van der Waals surface area contributed by atoms with Gasteiger partial charge in [0, 0.05) is 13.1 Å². The zero-order chi connectivity index (χ0) is 21.3. The van der Waals surface area contributed by atoms with Crippen LogP contribution in [0.2, 0.25) is 0 Å². The van der Waals surface area contributed by atoms with Crippen molar-refractivity contribution in [3.8, 4) is 11.6 Å². The summed E-state index contributed by atoms with van der Waals surface area (Å²) in [6.07, 6.45) is 2.60. The number of benzene rings is 1. The number of anilines is 1. The Bertz CT molecular complexity index is 1040. The first-order valence-corrected chi connectivity index (χ1v) is 10.0. The van der Waals surface area contributed by atoms with Gasteiger partial charge in [-0.05, 0) is 45.7 Å². The van der Waals surface area contributed by atoms with Crippen LogP contribution in [0.1, 0.15) is 39.7 Å². The van der Waals surface area contributed by atoms with Gasteiger partial charge >= 0.3 is 6.09 Å². The zero-order valence-electron chi connectivity index (χ0n) is 17.4. The fraction of sp³-hybridized carbons (Fsp3) is 0.429. The van der Waals surface area contributed by atoms with Crippen LogP contribution in [0.25, 0.3) is 11.0 Å². The highest BCUT2D eigenvalue weighted by molar-refractivity contribution is 5.90. The molecule has 0 atom stereocenters. The Morgan fingerprint density at radius 2 is 1.83 bits per heavy atom. The Hall–Kier alpha value is -3.36. The number of amides is 1. The highest BCUT2D eigenvalue weighted by Gasteiger charge is 2.30. The second-order valence-electron chi connectivity index (χ2n) is 8.32. The fourth-order valence-corrected chi connectivity index (χ4v) is 3.51. The summed E-state index contributed by atoms with van der Waals surface area (Å²) >= 11 is 0. The van der Waals surface area contributed by atoms with E-state index < -0.39 is 5.60 Å². The first-order chi connectivity index (χ1) is 14.3. The summed E-state index contributed by atoms with van der Waals surface area (Å²) in [6, 6.07) is 9.46. The van der Waals surface area contributed by atoms with E-state index in [1.165, 1.54) is 6.33 Å². The lowest BCUT2D eigenvalue weighted by Crippen LogP contribution is -2.42. The molecule has 3 heterocycles. The summed E-state index contributed by atoms with van der Waals surface area (Å²) in [5, 5.41) is 5.27. The number of rotatable bonds is 3.